The largest absolute Gasteiger partial charge is 0.478 e. The van der Waals surface area contributed by atoms with Gasteiger partial charge in [-0.2, -0.15) is 0 Å². The maximum absolute atomic E-state index is 11.1. The lowest BCUT2D eigenvalue weighted by Crippen LogP contribution is -2.34. The van der Waals surface area contributed by atoms with E-state index in [1.807, 2.05) is 12.1 Å². The number of carboxylic acids is 1. The molecule has 0 heterocycles. The summed E-state index contributed by atoms with van der Waals surface area (Å²) < 4.78 is 0. The Morgan fingerprint density at radius 1 is 1.00 bits per heavy atom. The van der Waals surface area contributed by atoms with Gasteiger partial charge in [0.2, 0.25) is 0 Å². The molecule has 2 aliphatic rings. The van der Waals surface area contributed by atoms with Crippen LogP contribution < -0.4 is 0 Å². The Labute approximate surface area is 181 Å². The highest BCUT2D eigenvalue weighted by Gasteiger charge is 2.38. The fraction of sp³-hybridized carbons (Fsp3) is 0.464. The van der Waals surface area contributed by atoms with Gasteiger partial charge < -0.3 is 5.11 Å². The smallest absolute Gasteiger partial charge is 0.335 e. The lowest BCUT2D eigenvalue weighted by atomic mass is 9.62. The van der Waals surface area contributed by atoms with E-state index in [4.69, 9.17) is 5.11 Å². The van der Waals surface area contributed by atoms with E-state index in [1.54, 1.807) is 23.3 Å². The summed E-state index contributed by atoms with van der Waals surface area (Å²) in [6, 6.07) is 12.2. The van der Waals surface area contributed by atoms with E-state index in [2.05, 4.69) is 52.8 Å². The number of hydrogen-bond acceptors (Lipinski definition) is 1. The van der Waals surface area contributed by atoms with E-state index in [-0.39, 0.29) is 10.8 Å². The van der Waals surface area contributed by atoms with E-state index in [1.165, 1.54) is 36.0 Å². The van der Waals surface area contributed by atoms with Crippen molar-refractivity contribution >= 4 is 12.0 Å². The van der Waals surface area contributed by atoms with Gasteiger partial charge in [0, 0.05) is 0 Å². The van der Waals surface area contributed by atoms with Crippen LogP contribution in [-0.2, 0) is 10.8 Å². The summed E-state index contributed by atoms with van der Waals surface area (Å²) in [4.78, 5) is 11.1. The van der Waals surface area contributed by atoms with E-state index >= 15 is 0 Å². The third kappa shape index (κ3) is 3.85. The molecule has 1 N–H and O–H groups in total. The average molecular weight is 403 g/mol. The number of aryl methyl sites for hydroxylation is 1. The molecule has 2 nitrogen and oxygen atoms in total. The number of carboxylic acid groups (broad SMARTS) is 1. The third-order valence-corrected chi connectivity index (χ3v) is 7.53. The maximum Gasteiger partial charge on any atom is 0.335 e. The maximum atomic E-state index is 11.1. The van der Waals surface area contributed by atoms with Gasteiger partial charge in [-0.1, -0.05) is 63.6 Å². The van der Waals surface area contributed by atoms with Crippen LogP contribution in [-0.4, -0.2) is 11.1 Å². The molecule has 4 rings (SSSR count). The van der Waals surface area contributed by atoms with Crippen LogP contribution in [0.2, 0.25) is 0 Å². The van der Waals surface area contributed by atoms with Crippen LogP contribution in [0.1, 0.15) is 104 Å². The molecule has 0 bridgehead atoms. The van der Waals surface area contributed by atoms with Gasteiger partial charge in [-0.3, -0.25) is 0 Å². The predicted octanol–water partition coefficient (Wildman–Crippen LogP) is 7.39. The van der Waals surface area contributed by atoms with Crippen LogP contribution in [0.3, 0.4) is 0 Å². The summed E-state index contributed by atoms with van der Waals surface area (Å²) >= 11 is 0. The van der Waals surface area contributed by atoms with Gasteiger partial charge >= 0.3 is 5.97 Å². The van der Waals surface area contributed by atoms with E-state index < -0.39 is 5.97 Å². The minimum Gasteiger partial charge on any atom is -0.478 e. The Morgan fingerprint density at radius 3 is 2.20 bits per heavy atom. The lowest BCUT2D eigenvalue weighted by Gasteiger charge is -2.42. The number of benzene rings is 2. The minimum atomic E-state index is -0.871. The highest BCUT2D eigenvalue weighted by molar-refractivity contribution is 5.87. The molecule has 0 saturated heterocycles. The van der Waals surface area contributed by atoms with Crippen molar-refractivity contribution in [2.45, 2.75) is 83.5 Å². The Morgan fingerprint density at radius 2 is 1.60 bits per heavy atom. The summed E-state index contributed by atoms with van der Waals surface area (Å²) in [7, 11) is 0. The molecule has 2 heteroatoms. The van der Waals surface area contributed by atoms with Gasteiger partial charge in [-0.05, 0) is 95.7 Å². The molecule has 0 amide bonds. The zero-order valence-corrected chi connectivity index (χ0v) is 19.0. The molecule has 2 aliphatic carbocycles. The quantitative estimate of drug-likeness (QED) is 0.581. The van der Waals surface area contributed by atoms with Crippen molar-refractivity contribution in [3.8, 4) is 0 Å². The van der Waals surface area contributed by atoms with Crippen molar-refractivity contribution in [1.82, 2.24) is 0 Å². The number of aromatic carboxylic acids is 1. The number of fused-ring (bicyclic) bond motifs is 1. The fourth-order valence-electron chi connectivity index (χ4n) is 5.41. The van der Waals surface area contributed by atoms with Crippen LogP contribution in [0.4, 0.5) is 0 Å². The number of hydrogen-bond donors (Lipinski definition) is 1. The molecular weight excluding hydrogens is 368 g/mol. The summed E-state index contributed by atoms with van der Waals surface area (Å²) in [5.41, 5.74) is 9.50. The minimum absolute atomic E-state index is 0.246. The standard InChI is InChI=1S/C28H34O2/c1-18-14-24-25(28(4,5)13-12-27(24,2)3)17-23(18)22-11-8-20(16-22)15-19-6-9-21(10-7-19)26(29)30/h6-7,9-10,14-15,17,22H,8,11-13,16H2,1-5H3,(H,29,30)/b20-15-. The highest BCUT2D eigenvalue weighted by atomic mass is 16.4. The second-order valence-corrected chi connectivity index (χ2v) is 10.7. The number of allylic oxidation sites excluding steroid dienone is 1. The Balaban J connectivity index is 1.61. The van der Waals surface area contributed by atoms with Gasteiger partial charge in [0.25, 0.3) is 0 Å². The van der Waals surface area contributed by atoms with Crippen molar-refractivity contribution in [2.24, 2.45) is 0 Å². The predicted molar refractivity (Wildman–Crippen MR) is 124 cm³/mol. The molecule has 2 aromatic carbocycles. The summed E-state index contributed by atoms with van der Waals surface area (Å²) in [6.07, 6.45) is 8.18. The molecule has 1 saturated carbocycles. The first kappa shape index (κ1) is 20.9. The summed E-state index contributed by atoms with van der Waals surface area (Å²) in [6.45, 7) is 11.9. The van der Waals surface area contributed by atoms with E-state index in [0.29, 0.717) is 11.5 Å². The van der Waals surface area contributed by atoms with Crippen LogP contribution in [0, 0.1) is 6.92 Å². The Hall–Kier alpha value is -2.35. The summed E-state index contributed by atoms with van der Waals surface area (Å²) in [5.74, 6) is -0.287. The van der Waals surface area contributed by atoms with Gasteiger partial charge in [0.15, 0.2) is 0 Å². The SMILES string of the molecule is Cc1cc2c(cc1C1CC/C(=C/c3ccc(C(=O)O)cc3)C1)C(C)(C)CCC2(C)C. The second kappa shape index (κ2) is 7.41. The second-order valence-electron chi connectivity index (χ2n) is 10.7. The molecule has 0 aromatic heterocycles. The zero-order valence-electron chi connectivity index (χ0n) is 19.0. The summed E-state index contributed by atoms with van der Waals surface area (Å²) in [5, 5.41) is 9.08. The van der Waals surface area contributed by atoms with E-state index in [0.717, 1.165) is 18.4 Å². The molecule has 1 unspecified atom stereocenters. The average Bonchev–Trinajstić information content (AvgIpc) is 3.14. The fourth-order valence-corrected chi connectivity index (χ4v) is 5.41. The number of rotatable bonds is 3. The molecule has 0 aliphatic heterocycles. The topological polar surface area (TPSA) is 37.3 Å². The highest BCUT2D eigenvalue weighted by Crippen LogP contribution is 2.49. The normalized spacial score (nSPS) is 23.4. The van der Waals surface area contributed by atoms with Crippen LogP contribution in [0.25, 0.3) is 6.08 Å². The first-order valence-electron chi connectivity index (χ1n) is 11.3. The van der Waals surface area contributed by atoms with Crippen molar-refractivity contribution < 1.29 is 9.90 Å². The lowest BCUT2D eigenvalue weighted by molar-refractivity contribution is 0.0697. The van der Waals surface area contributed by atoms with Crippen molar-refractivity contribution in [2.75, 3.05) is 0 Å². The molecular formula is C28H34O2. The molecule has 0 radical (unpaired) electrons. The first-order chi connectivity index (χ1) is 14.1. The van der Waals surface area contributed by atoms with Crippen molar-refractivity contribution in [3.05, 3.63) is 75.4 Å². The molecule has 158 valence electrons. The van der Waals surface area contributed by atoms with Gasteiger partial charge in [0.1, 0.15) is 0 Å². The monoisotopic (exact) mass is 402 g/mol. The molecule has 1 fully saturated rings. The van der Waals surface area contributed by atoms with Crippen LogP contribution in [0.15, 0.2) is 42.0 Å². The van der Waals surface area contributed by atoms with Crippen molar-refractivity contribution in [3.63, 3.8) is 0 Å². The zero-order chi connectivity index (χ0) is 21.7. The van der Waals surface area contributed by atoms with E-state index in [9.17, 15) is 4.79 Å². The Kier molecular flexibility index (Phi) is 5.16. The van der Waals surface area contributed by atoms with Crippen LogP contribution in [0.5, 0.6) is 0 Å². The Bertz CT molecular complexity index is 1010. The molecule has 0 spiro atoms. The van der Waals surface area contributed by atoms with Gasteiger partial charge in [-0.15, -0.1) is 0 Å². The van der Waals surface area contributed by atoms with Crippen molar-refractivity contribution in [1.29, 1.82) is 0 Å². The van der Waals surface area contributed by atoms with Gasteiger partial charge in [-0.25, -0.2) is 4.79 Å². The molecule has 1 atom stereocenters. The first-order valence-corrected chi connectivity index (χ1v) is 11.3. The third-order valence-electron chi connectivity index (χ3n) is 7.53. The number of carbonyl (C=O) groups is 1. The molecule has 30 heavy (non-hydrogen) atoms. The molecule has 2 aromatic rings. The van der Waals surface area contributed by atoms with Crippen LogP contribution >= 0.6 is 0 Å². The van der Waals surface area contributed by atoms with Gasteiger partial charge in [0.05, 0.1) is 5.56 Å².